The zero-order chi connectivity index (χ0) is 20.5. The van der Waals surface area contributed by atoms with Crippen LogP contribution in [0.2, 0.25) is 0 Å². The molecule has 2 aliphatic carbocycles. The van der Waals surface area contributed by atoms with Crippen LogP contribution in [0.5, 0.6) is 0 Å². The first-order valence-corrected chi connectivity index (χ1v) is 11.8. The maximum absolute atomic E-state index is 12.9. The van der Waals surface area contributed by atoms with Crippen LogP contribution in [0.25, 0.3) is 0 Å². The number of carbonyl (C=O) groups excluding carboxylic acids is 1. The lowest BCUT2D eigenvalue weighted by Crippen LogP contribution is -2.55. The van der Waals surface area contributed by atoms with Crippen molar-refractivity contribution in [2.45, 2.75) is 57.3 Å². The standard InChI is InChI=1S/C24H33N3O3/c1-16-6-5-8-23(2)14-18-20(21-24(16,23)30-21)17(22(28)29-18)15-26-10-12-27(13-11-26)19-7-3-4-9-25-19/h3-4,7,9,16-18,20-21H,5-6,8,10-15H2,1-2H3/t16-,17+,18+,20+,21+,23+,24+/m0/s1. The van der Waals surface area contributed by atoms with E-state index in [1.165, 1.54) is 19.3 Å². The van der Waals surface area contributed by atoms with Gasteiger partial charge in [-0.15, -0.1) is 0 Å². The molecule has 1 spiro atoms. The monoisotopic (exact) mass is 411 g/mol. The Balaban J connectivity index is 1.15. The van der Waals surface area contributed by atoms with Crippen molar-refractivity contribution < 1.29 is 14.3 Å². The number of pyridine rings is 1. The van der Waals surface area contributed by atoms with Gasteiger partial charge in [0.15, 0.2) is 0 Å². The van der Waals surface area contributed by atoms with Crippen LogP contribution in [0.1, 0.15) is 39.5 Å². The van der Waals surface area contributed by atoms with E-state index in [0.717, 1.165) is 45.0 Å². The number of anilines is 1. The van der Waals surface area contributed by atoms with Crippen molar-refractivity contribution in [2.24, 2.45) is 23.2 Å². The van der Waals surface area contributed by atoms with E-state index in [4.69, 9.17) is 9.47 Å². The molecule has 0 N–H and O–H groups in total. The molecule has 3 saturated heterocycles. The first-order valence-electron chi connectivity index (χ1n) is 11.8. The minimum atomic E-state index is -0.0422. The average Bonchev–Trinajstić information content (AvgIpc) is 3.44. The summed E-state index contributed by atoms with van der Waals surface area (Å²) < 4.78 is 12.6. The summed E-state index contributed by atoms with van der Waals surface area (Å²) in [6.45, 7) is 9.37. The molecular weight excluding hydrogens is 378 g/mol. The van der Waals surface area contributed by atoms with Crippen molar-refractivity contribution >= 4 is 11.8 Å². The average molecular weight is 412 g/mol. The quantitative estimate of drug-likeness (QED) is 0.563. The maximum atomic E-state index is 12.9. The van der Waals surface area contributed by atoms with Gasteiger partial charge in [0, 0.05) is 50.3 Å². The Bertz CT molecular complexity index is 826. The fourth-order valence-electron chi connectivity index (χ4n) is 7.42. The number of hydrogen-bond donors (Lipinski definition) is 0. The Morgan fingerprint density at radius 1 is 1.23 bits per heavy atom. The van der Waals surface area contributed by atoms with Crippen LogP contribution in [0.15, 0.2) is 24.4 Å². The van der Waals surface area contributed by atoms with Gasteiger partial charge in [0.2, 0.25) is 0 Å². The van der Waals surface area contributed by atoms with E-state index in [2.05, 4.69) is 34.7 Å². The van der Waals surface area contributed by atoms with Crippen LogP contribution in [-0.4, -0.2) is 66.4 Å². The van der Waals surface area contributed by atoms with Gasteiger partial charge in [-0.3, -0.25) is 9.69 Å². The number of hydrogen-bond acceptors (Lipinski definition) is 6. The second kappa shape index (κ2) is 6.67. The predicted molar refractivity (Wildman–Crippen MR) is 113 cm³/mol. The first-order chi connectivity index (χ1) is 14.5. The Hall–Kier alpha value is -1.66. The van der Waals surface area contributed by atoms with Crippen molar-refractivity contribution in [1.82, 2.24) is 9.88 Å². The number of piperazine rings is 1. The molecule has 162 valence electrons. The van der Waals surface area contributed by atoms with Gasteiger partial charge in [0.1, 0.15) is 17.5 Å². The largest absolute Gasteiger partial charge is 0.462 e. The molecule has 30 heavy (non-hydrogen) atoms. The number of carbonyl (C=O) groups is 1. The minimum Gasteiger partial charge on any atom is -0.462 e. The summed E-state index contributed by atoms with van der Waals surface area (Å²) in [6.07, 6.45) is 6.81. The number of aromatic nitrogens is 1. The second-order valence-electron chi connectivity index (χ2n) is 10.5. The van der Waals surface area contributed by atoms with Crippen molar-refractivity contribution in [2.75, 3.05) is 37.6 Å². The van der Waals surface area contributed by atoms with E-state index in [1.54, 1.807) is 0 Å². The molecule has 2 saturated carbocycles. The predicted octanol–water partition coefficient (Wildman–Crippen LogP) is 2.73. The smallest absolute Gasteiger partial charge is 0.311 e. The topological polar surface area (TPSA) is 58.2 Å². The Morgan fingerprint density at radius 3 is 2.83 bits per heavy atom. The molecule has 6 nitrogen and oxygen atoms in total. The van der Waals surface area contributed by atoms with Gasteiger partial charge in [-0.25, -0.2) is 4.98 Å². The zero-order valence-corrected chi connectivity index (χ0v) is 18.1. The SMILES string of the molecule is C[C@H]1CCC[C@]2(C)C[C@H]3OC(=O)[C@H](CN4CCN(c5ccccn5)CC4)[C@H]3[C@H]3O[C@@]312. The van der Waals surface area contributed by atoms with Gasteiger partial charge in [0.05, 0.1) is 12.0 Å². The van der Waals surface area contributed by atoms with Crippen LogP contribution in [0, 0.1) is 23.2 Å². The molecule has 0 radical (unpaired) electrons. The van der Waals surface area contributed by atoms with E-state index in [0.29, 0.717) is 5.92 Å². The van der Waals surface area contributed by atoms with E-state index in [9.17, 15) is 4.79 Å². The Morgan fingerprint density at radius 2 is 2.07 bits per heavy atom. The molecule has 7 atom stereocenters. The Kier molecular flexibility index (Phi) is 4.24. The van der Waals surface area contributed by atoms with Crippen LogP contribution in [-0.2, 0) is 14.3 Å². The molecular formula is C24H33N3O3. The third kappa shape index (κ3) is 2.62. The third-order valence-electron chi connectivity index (χ3n) is 8.99. The number of rotatable bonds is 3. The maximum Gasteiger partial charge on any atom is 0.311 e. The van der Waals surface area contributed by atoms with Gasteiger partial charge >= 0.3 is 5.97 Å². The summed E-state index contributed by atoms with van der Waals surface area (Å²) in [5.74, 6) is 1.83. The van der Waals surface area contributed by atoms with Crippen molar-refractivity contribution in [3.63, 3.8) is 0 Å². The molecule has 5 aliphatic rings. The number of fused-ring (bicyclic) bond motifs is 2. The summed E-state index contributed by atoms with van der Waals surface area (Å²) in [7, 11) is 0. The highest BCUT2D eigenvalue weighted by molar-refractivity contribution is 5.76. The highest BCUT2D eigenvalue weighted by Crippen LogP contribution is 2.70. The highest BCUT2D eigenvalue weighted by Gasteiger charge is 2.78. The molecule has 0 unspecified atom stereocenters. The van der Waals surface area contributed by atoms with Gasteiger partial charge in [-0.1, -0.05) is 26.3 Å². The minimum absolute atomic E-state index is 0.00365. The number of esters is 1. The van der Waals surface area contributed by atoms with E-state index in [1.807, 2.05) is 18.3 Å². The molecule has 3 aliphatic heterocycles. The summed E-state index contributed by atoms with van der Waals surface area (Å²) in [5, 5.41) is 0. The van der Waals surface area contributed by atoms with Crippen molar-refractivity contribution in [1.29, 1.82) is 0 Å². The fourth-order valence-corrected chi connectivity index (χ4v) is 7.42. The Labute approximate surface area is 178 Å². The lowest BCUT2D eigenvalue weighted by atomic mass is 9.53. The molecule has 0 amide bonds. The molecule has 5 fully saturated rings. The molecule has 1 aromatic rings. The number of nitrogens with zero attached hydrogens (tertiary/aromatic N) is 3. The number of ether oxygens (including phenoxy) is 2. The van der Waals surface area contributed by atoms with Gasteiger partial charge in [-0.2, -0.15) is 0 Å². The summed E-state index contributed by atoms with van der Waals surface area (Å²) in [6, 6.07) is 6.07. The van der Waals surface area contributed by atoms with Crippen LogP contribution in [0.4, 0.5) is 5.82 Å². The number of epoxide rings is 1. The lowest BCUT2D eigenvalue weighted by Gasteiger charge is -2.49. The van der Waals surface area contributed by atoms with Crippen LogP contribution >= 0.6 is 0 Å². The lowest BCUT2D eigenvalue weighted by molar-refractivity contribution is -0.146. The van der Waals surface area contributed by atoms with Gasteiger partial charge < -0.3 is 14.4 Å². The molecule has 0 bridgehead atoms. The van der Waals surface area contributed by atoms with Gasteiger partial charge in [-0.05, 0) is 37.3 Å². The van der Waals surface area contributed by atoms with Crippen LogP contribution < -0.4 is 4.90 Å². The van der Waals surface area contributed by atoms with Crippen LogP contribution in [0.3, 0.4) is 0 Å². The second-order valence-corrected chi connectivity index (χ2v) is 10.5. The molecule has 4 heterocycles. The van der Waals surface area contributed by atoms with E-state index in [-0.39, 0.29) is 41.0 Å². The van der Waals surface area contributed by atoms with Crippen molar-refractivity contribution in [3.8, 4) is 0 Å². The summed E-state index contributed by atoms with van der Waals surface area (Å²) in [5.41, 5.74) is 0.163. The first kappa shape index (κ1) is 19.1. The molecule has 6 heteroatoms. The fraction of sp³-hybridized carbons (Fsp3) is 0.750. The molecule has 6 rings (SSSR count). The molecule has 0 aromatic carbocycles. The van der Waals surface area contributed by atoms with E-state index >= 15 is 0 Å². The zero-order valence-electron chi connectivity index (χ0n) is 18.1. The normalized spacial score (nSPS) is 45.3. The third-order valence-corrected chi connectivity index (χ3v) is 8.99. The van der Waals surface area contributed by atoms with Gasteiger partial charge in [0.25, 0.3) is 0 Å². The molecule has 1 aromatic heterocycles. The van der Waals surface area contributed by atoms with Crippen molar-refractivity contribution in [3.05, 3.63) is 24.4 Å². The van der Waals surface area contributed by atoms with E-state index < -0.39 is 0 Å². The summed E-state index contributed by atoms with van der Waals surface area (Å²) >= 11 is 0. The summed E-state index contributed by atoms with van der Waals surface area (Å²) in [4.78, 5) is 22.2. The highest BCUT2D eigenvalue weighted by atomic mass is 16.6.